The summed E-state index contributed by atoms with van der Waals surface area (Å²) in [7, 11) is 0. The van der Waals surface area contributed by atoms with Crippen LogP contribution >= 0.6 is 35.6 Å². The Morgan fingerprint density at radius 3 is 2.88 bits per heavy atom. The van der Waals surface area contributed by atoms with Crippen LogP contribution in [0, 0.1) is 5.82 Å². The molecule has 2 atom stereocenters. The molecule has 1 aliphatic heterocycles. The van der Waals surface area contributed by atoms with E-state index < -0.39 is 11.9 Å². The molecule has 1 saturated heterocycles. The molecular formula is C17H20Cl3FN4O. The normalized spacial score (nSPS) is 18.1. The molecule has 26 heavy (non-hydrogen) atoms. The summed E-state index contributed by atoms with van der Waals surface area (Å²) >= 11 is 12.1. The van der Waals surface area contributed by atoms with Gasteiger partial charge in [0.05, 0.1) is 17.1 Å². The lowest BCUT2D eigenvalue weighted by Crippen LogP contribution is -2.32. The summed E-state index contributed by atoms with van der Waals surface area (Å²) in [6.07, 6.45) is 3.92. The summed E-state index contributed by atoms with van der Waals surface area (Å²) < 4.78 is 15.5. The first-order valence-electron chi connectivity index (χ1n) is 8.17. The van der Waals surface area contributed by atoms with Crippen molar-refractivity contribution >= 4 is 41.5 Å². The first-order valence-corrected chi connectivity index (χ1v) is 8.93. The number of halogens is 4. The maximum absolute atomic E-state index is 13.7. The number of piperidine rings is 1. The molecule has 3 rings (SSSR count). The maximum Gasteiger partial charge on any atom is 0.272 e. The highest BCUT2D eigenvalue weighted by Crippen LogP contribution is 2.32. The van der Waals surface area contributed by atoms with Gasteiger partial charge in [0.1, 0.15) is 11.5 Å². The van der Waals surface area contributed by atoms with Crippen LogP contribution in [0.2, 0.25) is 10.0 Å². The molecule has 0 bridgehead atoms. The lowest BCUT2D eigenvalue weighted by molar-refractivity contribution is 0.0933. The van der Waals surface area contributed by atoms with Gasteiger partial charge in [-0.15, -0.1) is 12.4 Å². The van der Waals surface area contributed by atoms with Gasteiger partial charge >= 0.3 is 0 Å². The van der Waals surface area contributed by atoms with Crippen molar-refractivity contribution in [3.8, 4) is 0 Å². The molecule has 2 N–H and O–H groups in total. The van der Waals surface area contributed by atoms with Crippen LogP contribution in [0.1, 0.15) is 47.9 Å². The van der Waals surface area contributed by atoms with Gasteiger partial charge in [0.15, 0.2) is 0 Å². The van der Waals surface area contributed by atoms with Crippen molar-refractivity contribution in [2.75, 3.05) is 13.1 Å². The second kappa shape index (κ2) is 9.04. The molecule has 1 amide bonds. The first-order chi connectivity index (χ1) is 12.0. The number of rotatable bonds is 4. The Labute approximate surface area is 167 Å². The average Bonchev–Trinajstić information content (AvgIpc) is 3.09. The fourth-order valence-electron chi connectivity index (χ4n) is 3.00. The van der Waals surface area contributed by atoms with Crippen LogP contribution in [0.3, 0.4) is 0 Å². The topological polar surface area (TPSA) is 59.0 Å². The van der Waals surface area contributed by atoms with E-state index in [0.717, 1.165) is 25.9 Å². The quantitative estimate of drug-likeness (QED) is 0.729. The van der Waals surface area contributed by atoms with E-state index in [2.05, 4.69) is 15.7 Å². The predicted octanol–water partition coefficient (Wildman–Crippen LogP) is 4.17. The molecule has 2 unspecified atom stereocenters. The van der Waals surface area contributed by atoms with E-state index in [0.29, 0.717) is 16.3 Å². The maximum atomic E-state index is 13.7. The number of aromatic nitrogens is 2. The van der Waals surface area contributed by atoms with Gasteiger partial charge in [-0.1, -0.05) is 23.2 Å². The van der Waals surface area contributed by atoms with E-state index in [4.69, 9.17) is 23.2 Å². The van der Waals surface area contributed by atoms with Crippen LogP contribution in [0.15, 0.2) is 24.4 Å². The van der Waals surface area contributed by atoms with E-state index >= 15 is 0 Å². The SMILES string of the molecule is CC(NC(=O)c1ccn(C2CCCNC2)n1)c1c(Cl)ccc(F)c1Cl.Cl. The van der Waals surface area contributed by atoms with Crippen molar-refractivity contribution in [2.24, 2.45) is 0 Å². The first kappa shape index (κ1) is 21.0. The monoisotopic (exact) mass is 420 g/mol. The molecule has 1 aliphatic rings. The minimum absolute atomic E-state index is 0. The standard InChI is InChI=1S/C17H19Cl2FN4O.ClH/c1-10(15-12(18)4-5-13(20)16(15)19)22-17(25)14-6-8-24(23-14)11-3-2-7-21-9-11;/h4-6,8,10-11,21H,2-3,7,9H2,1H3,(H,22,25);1H. The van der Waals surface area contributed by atoms with E-state index in [1.54, 1.807) is 19.2 Å². The molecule has 0 radical (unpaired) electrons. The van der Waals surface area contributed by atoms with Gasteiger partial charge in [-0.25, -0.2) is 4.39 Å². The van der Waals surface area contributed by atoms with Crippen molar-refractivity contribution in [1.82, 2.24) is 20.4 Å². The number of nitrogens with one attached hydrogen (secondary N) is 2. The Hall–Kier alpha value is -1.34. The van der Waals surface area contributed by atoms with Crippen LogP contribution in [0.5, 0.6) is 0 Å². The fraction of sp³-hybridized carbons (Fsp3) is 0.412. The number of nitrogens with zero attached hydrogens (tertiary/aromatic N) is 2. The van der Waals surface area contributed by atoms with Crippen LogP contribution in [-0.4, -0.2) is 28.8 Å². The third-order valence-corrected chi connectivity index (χ3v) is 5.06. The van der Waals surface area contributed by atoms with Gasteiger partial charge in [-0.2, -0.15) is 5.10 Å². The van der Waals surface area contributed by atoms with E-state index in [9.17, 15) is 9.18 Å². The second-order valence-electron chi connectivity index (χ2n) is 6.13. The number of hydrogen-bond donors (Lipinski definition) is 2. The Morgan fingerprint density at radius 1 is 1.42 bits per heavy atom. The minimum Gasteiger partial charge on any atom is -0.344 e. The third kappa shape index (κ3) is 4.49. The molecule has 0 aliphatic carbocycles. The average molecular weight is 422 g/mol. The van der Waals surface area contributed by atoms with Gasteiger partial charge in [-0.3, -0.25) is 9.48 Å². The predicted molar refractivity (Wildman–Crippen MR) is 103 cm³/mol. The molecular weight excluding hydrogens is 402 g/mol. The zero-order valence-electron chi connectivity index (χ0n) is 14.1. The lowest BCUT2D eigenvalue weighted by Gasteiger charge is -2.23. The fourth-order valence-corrected chi connectivity index (χ4v) is 3.70. The van der Waals surface area contributed by atoms with Crippen LogP contribution in [0.4, 0.5) is 4.39 Å². The molecule has 1 aromatic heterocycles. The van der Waals surface area contributed by atoms with Gasteiger partial charge < -0.3 is 10.6 Å². The molecule has 5 nitrogen and oxygen atoms in total. The minimum atomic E-state index is -0.573. The summed E-state index contributed by atoms with van der Waals surface area (Å²) in [5, 5.41) is 10.7. The highest BCUT2D eigenvalue weighted by atomic mass is 35.5. The van der Waals surface area contributed by atoms with Crippen LogP contribution in [0.25, 0.3) is 0 Å². The zero-order valence-corrected chi connectivity index (χ0v) is 16.5. The molecule has 2 aromatic rings. The number of hydrogen-bond acceptors (Lipinski definition) is 3. The van der Waals surface area contributed by atoms with E-state index in [1.165, 1.54) is 12.1 Å². The van der Waals surface area contributed by atoms with Gasteiger partial charge in [0.25, 0.3) is 5.91 Å². The van der Waals surface area contributed by atoms with Crippen molar-refractivity contribution in [1.29, 1.82) is 0 Å². The van der Waals surface area contributed by atoms with Gasteiger partial charge in [0, 0.05) is 23.3 Å². The second-order valence-corrected chi connectivity index (χ2v) is 6.92. The highest BCUT2D eigenvalue weighted by Gasteiger charge is 2.22. The van der Waals surface area contributed by atoms with Gasteiger partial charge in [-0.05, 0) is 44.5 Å². The number of carbonyl (C=O) groups is 1. The van der Waals surface area contributed by atoms with Crippen molar-refractivity contribution in [3.05, 3.63) is 51.5 Å². The third-order valence-electron chi connectivity index (χ3n) is 4.35. The molecule has 9 heteroatoms. The van der Waals surface area contributed by atoms with E-state index in [1.807, 2.05) is 4.68 Å². The summed E-state index contributed by atoms with van der Waals surface area (Å²) in [5.41, 5.74) is 0.661. The summed E-state index contributed by atoms with van der Waals surface area (Å²) in [4.78, 5) is 12.4. The number of benzene rings is 1. The van der Waals surface area contributed by atoms with Crippen molar-refractivity contribution in [3.63, 3.8) is 0 Å². The Balaban J connectivity index is 0.00000243. The van der Waals surface area contributed by atoms with E-state index in [-0.39, 0.29) is 29.4 Å². The molecule has 1 fully saturated rings. The van der Waals surface area contributed by atoms with Crippen molar-refractivity contribution in [2.45, 2.75) is 31.8 Å². The molecule has 2 heterocycles. The summed E-state index contributed by atoms with van der Waals surface area (Å²) in [5.74, 6) is -0.928. The largest absolute Gasteiger partial charge is 0.344 e. The Bertz CT molecular complexity index is 777. The highest BCUT2D eigenvalue weighted by molar-refractivity contribution is 6.36. The summed E-state index contributed by atoms with van der Waals surface area (Å²) in [6, 6.07) is 3.99. The smallest absolute Gasteiger partial charge is 0.272 e. The summed E-state index contributed by atoms with van der Waals surface area (Å²) in [6.45, 7) is 3.55. The lowest BCUT2D eigenvalue weighted by atomic mass is 10.1. The van der Waals surface area contributed by atoms with Gasteiger partial charge in [0.2, 0.25) is 0 Å². The Morgan fingerprint density at radius 2 is 2.19 bits per heavy atom. The van der Waals surface area contributed by atoms with Crippen molar-refractivity contribution < 1.29 is 9.18 Å². The molecule has 1 aromatic carbocycles. The Kier molecular flexibility index (Phi) is 7.29. The molecule has 0 spiro atoms. The molecule has 142 valence electrons. The zero-order chi connectivity index (χ0) is 18.0. The number of carbonyl (C=O) groups excluding carboxylic acids is 1. The molecule has 0 saturated carbocycles. The van der Waals surface area contributed by atoms with Crippen LogP contribution < -0.4 is 10.6 Å². The van der Waals surface area contributed by atoms with Crippen LogP contribution in [-0.2, 0) is 0 Å². The number of amides is 1.